The minimum absolute atomic E-state index is 0.0479. The van der Waals surface area contributed by atoms with Crippen molar-refractivity contribution in [1.82, 2.24) is 4.72 Å². The molecule has 6 heteroatoms. The number of aliphatic hydroxyl groups excluding tert-OH is 1. The molecule has 2 aromatic rings. The predicted octanol–water partition coefficient (Wildman–Crippen LogP) is 2.64. The van der Waals surface area contributed by atoms with E-state index in [0.29, 0.717) is 0 Å². The third-order valence-corrected chi connectivity index (χ3v) is 6.29. The topological polar surface area (TPSA) is 69.6 Å². The quantitative estimate of drug-likeness (QED) is 0.782. The maximum Gasteiger partial charge on any atom is 0.240 e. The molecule has 0 fully saturated rings. The van der Waals surface area contributed by atoms with E-state index in [1.807, 2.05) is 37.4 Å². The van der Waals surface area contributed by atoms with Crippen LogP contribution < -0.4 is 9.62 Å². The summed E-state index contributed by atoms with van der Waals surface area (Å²) >= 11 is 0. The predicted molar refractivity (Wildman–Crippen MR) is 104 cm³/mol. The summed E-state index contributed by atoms with van der Waals surface area (Å²) in [5.74, 6) is 0. The lowest BCUT2D eigenvalue weighted by Crippen LogP contribution is -2.28. The van der Waals surface area contributed by atoms with Crippen LogP contribution in [0.25, 0.3) is 0 Å². The van der Waals surface area contributed by atoms with Crippen molar-refractivity contribution in [2.24, 2.45) is 0 Å². The van der Waals surface area contributed by atoms with Gasteiger partial charge in [0.1, 0.15) is 0 Å². The third-order valence-electron chi connectivity index (χ3n) is 4.86. The van der Waals surface area contributed by atoms with Crippen LogP contribution in [-0.2, 0) is 22.9 Å². The third kappa shape index (κ3) is 4.09. The maximum absolute atomic E-state index is 12.4. The second kappa shape index (κ2) is 7.78. The molecular weight excluding hydrogens is 348 g/mol. The molecule has 1 unspecified atom stereocenters. The Labute approximate surface area is 155 Å². The largest absolute Gasteiger partial charge is 0.387 e. The molecular formula is C20H26N2O3S. The van der Waals surface area contributed by atoms with Gasteiger partial charge in [-0.05, 0) is 47.7 Å². The van der Waals surface area contributed by atoms with Gasteiger partial charge in [0, 0.05) is 25.8 Å². The fourth-order valence-corrected chi connectivity index (χ4v) is 4.35. The molecule has 0 saturated carbocycles. The van der Waals surface area contributed by atoms with Crippen molar-refractivity contribution in [2.45, 2.75) is 37.2 Å². The van der Waals surface area contributed by atoms with Crippen LogP contribution in [0.15, 0.2) is 47.4 Å². The standard InChI is InChI=1S/C20H26N2O3S/c1-3-4-15-5-8-18(9-6-15)26(24,25)21-14-20(23)17-7-10-19-16(13-17)11-12-22(19)2/h5-10,13,20-21,23H,3-4,11-12,14H2,1-2H3. The first-order chi connectivity index (χ1) is 12.4. The Hall–Kier alpha value is -1.89. The Kier molecular flexibility index (Phi) is 5.65. The van der Waals surface area contributed by atoms with Gasteiger partial charge in [-0.1, -0.05) is 37.6 Å². The van der Waals surface area contributed by atoms with Gasteiger partial charge in [0.25, 0.3) is 0 Å². The van der Waals surface area contributed by atoms with E-state index in [1.54, 1.807) is 12.1 Å². The minimum atomic E-state index is -3.63. The van der Waals surface area contributed by atoms with Gasteiger partial charge < -0.3 is 10.0 Å². The van der Waals surface area contributed by atoms with Gasteiger partial charge in [-0.3, -0.25) is 0 Å². The molecule has 0 radical (unpaired) electrons. The number of aliphatic hydroxyl groups is 1. The minimum Gasteiger partial charge on any atom is -0.387 e. The monoisotopic (exact) mass is 374 g/mol. The van der Waals surface area contributed by atoms with E-state index in [4.69, 9.17) is 0 Å². The van der Waals surface area contributed by atoms with Crippen LogP contribution in [0.4, 0.5) is 5.69 Å². The molecule has 1 atom stereocenters. The fourth-order valence-electron chi connectivity index (χ4n) is 3.31. The number of sulfonamides is 1. The molecule has 2 aromatic carbocycles. The zero-order valence-corrected chi connectivity index (χ0v) is 16.1. The highest BCUT2D eigenvalue weighted by molar-refractivity contribution is 7.89. The van der Waals surface area contributed by atoms with Gasteiger partial charge in [-0.2, -0.15) is 0 Å². The molecule has 1 aliphatic heterocycles. The van der Waals surface area contributed by atoms with Crippen LogP contribution in [-0.4, -0.2) is 33.7 Å². The van der Waals surface area contributed by atoms with Crippen LogP contribution in [0, 0.1) is 0 Å². The van der Waals surface area contributed by atoms with E-state index in [-0.39, 0.29) is 11.4 Å². The average molecular weight is 375 g/mol. The van der Waals surface area contributed by atoms with E-state index in [2.05, 4.69) is 16.5 Å². The first-order valence-electron chi connectivity index (χ1n) is 9.01. The first kappa shape index (κ1) is 18.9. The number of anilines is 1. The molecule has 26 heavy (non-hydrogen) atoms. The summed E-state index contributed by atoms with van der Waals surface area (Å²) in [7, 11) is -1.59. The maximum atomic E-state index is 12.4. The van der Waals surface area contributed by atoms with Crippen molar-refractivity contribution in [3.63, 3.8) is 0 Å². The molecule has 0 spiro atoms. The number of likely N-dealkylation sites (N-methyl/N-ethyl adjacent to an activating group) is 1. The van der Waals surface area contributed by atoms with Gasteiger partial charge in [0.15, 0.2) is 0 Å². The normalized spacial score (nSPS) is 15.1. The van der Waals surface area contributed by atoms with Crippen molar-refractivity contribution >= 4 is 15.7 Å². The van der Waals surface area contributed by atoms with Crippen LogP contribution in [0.1, 0.15) is 36.1 Å². The van der Waals surface area contributed by atoms with E-state index in [9.17, 15) is 13.5 Å². The average Bonchev–Trinajstić information content (AvgIpc) is 3.01. The lowest BCUT2D eigenvalue weighted by molar-refractivity contribution is 0.182. The molecule has 3 rings (SSSR count). The van der Waals surface area contributed by atoms with Gasteiger partial charge in [-0.15, -0.1) is 0 Å². The number of hydrogen-bond acceptors (Lipinski definition) is 4. The SMILES string of the molecule is CCCc1ccc(S(=O)(=O)NCC(O)c2ccc3c(c2)CCN3C)cc1. The van der Waals surface area contributed by atoms with Crippen molar-refractivity contribution in [1.29, 1.82) is 0 Å². The Bertz CT molecular complexity index is 863. The molecule has 0 aliphatic carbocycles. The van der Waals surface area contributed by atoms with Crippen molar-refractivity contribution in [2.75, 3.05) is 25.0 Å². The number of aryl methyl sites for hydroxylation is 1. The van der Waals surface area contributed by atoms with Crippen LogP contribution >= 0.6 is 0 Å². The van der Waals surface area contributed by atoms with Crippen LogP contribution in [0.2, 0.25) is 0 Å². The summed E-state index contributed by atoms with van der Waals surface area (Å²) in [6.45, 7) is 3.01. The summed E-state index contributed by atoms with van der Waals surface area (Å²) in [4.78, 5) is 2.40. The second-order valence-corrected chi connectivity index (χ2v) is 8.59. The summed E-state index contributed by atoms with van der Waals surface area (Å²) in [5.41, 5.74) is 4.22. The summed E-state index contributed by atoms with van der Waals surface area (Å²) in [5, 5.41) is 10.4. The lowest BCUT2D eigenvalue weighted by Gasteiger charge is -2.16. The molecule has 0 bridgehead atoms. The molecule has 0 aromatic heterocycles. The van der Waals surface area contributed by atoms with E-state index >= 15 is 0 Å². The zero-order chi connectivity index (χ0) is 18.7. The smallest absolute Gasteiger partial charge is 0.240 e. The van der Waals surface area contributed by atoms with Gasteiger partial charge in [0.2, 0.25) is 10.0 Å². The van der Waals surface area contributed by atoms with Crippen molar-refractivity contribution in [3.8, 4) is 0 Å². The van der Waals surface area contributed by atoms with Crippen molar-refractivity contribution in [3.05, 3.63) is 59.2 Å². The van der Waals surface area contributed by atoms with Gasteiger partial charge in [-0.25, -0.2) is 13.1 Å². The zero-order valence-electron chi connectivity index (χ0n) is 15.3. The number of benzene rings is 2. The Balaban J connectivity index is 1.65. The Morgan fingerprint density at radius 1 is 1.19 bits per heavy atom. The number of fused-ring (bicyclic) bond motifs is 1. The van der Waals surface area contributed by atoms with Crippen molar-refractivity contribution < 1.29 is 13.5 Å². The highest BCUT2D eigenvalue weighted by atomic mass is 32.2. The van der Waals surface area contributed by atoms with Gasteiger partial charge in [0.05, 0.1) is 11.0 Å². The molecule has 0 amide bonds. The Morgan fingerprint density at radius 3 is 2.62 bits per heavy atom. The number of nitrogens with zero attached hydrogens (tertiary/aromatic N) is 1. The van der Waals surface area contributed by atoms with E-state index in [1.165, 1.54) is 11.3 Å². The van der Waals surface area contributed by atoms with Crippen LogP contribution in [0.3, 0.4) is 0 Å². The van der Waals surface area contributed by atoms with E-state index in [0.717, 1.165) is 36.9 Å². The highest BCUT2D eigenvalue weighted by Crippen LogP contribution is 2.29. The summed E-state index contributed by atoms with van der Waals surface area (Å²) < 4.78 is 27.4. The van der Waals surface area contributed by atoms with Crippen LogP contribution in [0.5, 0.6) is 0 Å². The molecule has 1 heterocycles. The molecule has 140 valence electrons. The number of hydrogen-bond donors (Lipinski definition) is 2. The highest BCUT2D eigenvalue weighted by Gasteiger charge is 2.20. The second-order valence-electron chi connectivity index (χ2n) is 6.82. The molecule has 1 aliphatic rings. The summed E-state index contributed by atoms with van der Waals surface area (Å²) in [6, 6.07) is 12.7. The Morgan fingerprint density at radius 2 is 1.92 bits per heavy atom. The molecule has 5 nitrogen and oxygen atoms in total. The first-order valence-corrected chi connectivity index (χ1v) is 10.5. The number of nitrogens with one attached hydrogen (secondary N) is 1. The molecule has 2 N–H and O–H groups in total. The number of rotatable bonds is 7. The lowest BCUT2D eigenvalue weighted by atomic mass is 10.0. The van der Waals surface area contributed by atoms with E-state index < -0.39 is 16.1 Å². The fraction of sp³-hybridized carbons (Fsp3) is 0.400. The van der Waals surface area contributed by atoms with Gasteiger partial charge >= 0.3 is 0 Å². The molecule has 0 saturated heterocycles. The summed E-state index contributed by atoms with van der Waals surface area (Å²) in [6.07, 6.45) is 2.02.